The molecule has 1 aliphatic rings. The first kappa shape index (κ1) is 16.9. The smallest absolute Gasteiger partial charge is 0.283 e. The Hall–Kier alpha value is -1.43. The van der Waals surface area contributed by atoms with Crippen LogP contribution in [0.5, 0.6) is 0 Å². The van der Waals surface area contributed by atoms with Gasteiger partial charge < -0.3 is 0 Å². The van der Waals surface area contributed by atoms with Crippen molar-refractivity contribution in [2.24, 2.45) is 4.40 Å². The SMILES string of the molecule is Cc1cc(C)c(S(=O)(=O)N=C2C=C(Cl)C(=O)C(Cl)=C2)c(C)c1. The van der Waals surface area contributed by atoms with Gasteiger partial charge in [0.2, 0.25) is 5.78 Å². The van der Waals surface area contributed by atoms with E-state index >= 15 is 0 Å². The number of rotatable bonds is 2. The highest BCUT2D eigenvalue weighted by atomic mass is 35.5. The molecule has 22 heavy (non-hydrogen) atoms. The molecule has 0 saturated carbocycles. The summed E-state index contributed by atoms with van der Waals surface area (Å²) in [6.45, 7) is 5.31. The highest BCUT2D eigenvalue weighted by Gasteiger charge is 2.22. The van der Waals surface area contributed by atoms with Crippen LogP contribution in [0, 0.1) is 20.8 Å². The fourth-order valence-electron chi connectivity index (χ4n) is 2.36. The lowest BCUT2D eigenvalue weighted by Crippen LogP contribution is -2.11. The fraction of sp³-hybridized carbons (Fsp3) is 0.200. The first-order valence-corrected chi connectivity index (χ1v) is 8.53. The molecule has 0 atom stereocenters. The van der Waals surface area contributed by atoms with E-state index in [1.165, 1.54) is 12.2 Å². The average molecular weight is 358 g/mol. The second kappa shape index (κ2) is 5.99. The first-order chi connectivity index (χ1) is 10.1. The van der Waals surface area contributed by atoms with Crippen LogP contribution in [-0.2, 0) is 14.8 Å². The van der Waals surface area contributed by atoms with Crippen molar-refractivity contribution in [3.05, 3.63) is 51.0 Å². The zero-order chi connectivity index (χ0) is 16.7. The number of hydrogen-bond acceptors (Lipinski definition) is 3. The monoisotopic (exact) mass is 357 g/mol. The molecule has 4 nitrogen and oxygen atoms in total. The van der Waals surface area contributed by atoms with Crippen molar-refractivity contribution in [3.8, 4) is 0 Å². The van der Waals surface area contributed by atoms with Gasteiger partial charge in [-0.05, 0) is 44.1 Å². The van der Waals surface area contributed by atoms with Gasteiger partial charge in [-0.1, -0.05) is 40.9 Å². The summed E-state index contributed by atoms with van der Waals surface area (Å²) in [7, 11) is -3.93. The summed E-state index contributed by atoms with van der Waals surface area (Å²) in [5.74, 6) is -0.553. The van der Waals surface area contributed by atoms with E-state index < -0.39 is 15.8 Å². The van der Waals surface area contributed by atoms with E-state index in [1.807, 2.05) is 6.92 Å². The zero-order valence-electron chi connectivity index (χ0n) is 12.1. The number of ketones is 1. The van der Waals surface area contributed by atoms with E-state index in [1.54, 1.807) is 26.0 Å². The lowest BCUT2D eigenvalue weighted by Gasteiger charge is -2.10. The van der Waals surface area contributed by atoms with Crippen molar-refractivity contribution in [3.63, 3.8) is 0 Å². The number of benzene rings is 1. The molecular weight excluding hydrogens is 345 g/mol. The van der Waals surface area contributed by atoms with Crippen LogP contribution in [0.15, 0.2) is 43.6 Å². The van der Waals surface area contributed by atoms with Crippen molar-refractivity contribution < 1.29 is 13.2 Å². The van der Waals surface area contributed by atoms with E-state index in [0.717, 1.165) is 5.56 Å². The molecule has 116 valence electrons. The van der Waals surface area contributed by atoms with Gasteiger partial charge in [0, 0.05) is 0 Å². The lowest BCUT2D eigenvalue weighted by atomic mass is 10.1. The van der Waals surface area contributed by atoms with Crippen LogP contribution in [0.3, 0.4) is 0 Å². The molecule has 1 aromatic carbocycles. The average Bonchev–Trinajstić information content (AvgIpc) is 2.33. The molecule has 0 heterocycles. The van der Waals surface area contributed by atoms with Gasteiger partial charge in [-0.25, -0.2) is 0 Å². The summed E-state index contributed by atoms with van der Waals surface area (Å²) in [5, 5.41) is -0.336. The summed E-state index contributed by atoms with van der Waals surface area (Å²) in [4.78, 5) is 11.6. The number of carbonyl (C=O) groups excluding carboxylic acids is 1. The predicted octanol–water partition coefficient (Wildman–Crippen LogP) is 3.57. The van der Waals surface area contributed by atoms with Crippen molar-refractivity contribution in [1.29, 1.82) is 0 Å². The molecule has 0 spiro atoms. The van der Waals surface area contributed by atoms with Crippen LogP contribution in [-0.4, -0.2) is 19.9 Å². The second-order valence-electron chi connectivity index (χ2n) is 5.03. The fourth-order valence-corrected chi connectivity index (χ4v) is 4.24. The molecule has 0 N–H and O–H groups in total. The summed E-state index contributed by atoms with van der Waals surface area (Å²) in [6.07, 6.45) is 2.37. The van der Waals surface area contributed by atoms with Gasteiger partial charge in [-0.3, -0.25) is 4.79 Å². The lowest BCUT2D eigenvalue weighted by molar-refractivity contribution is -0.111. The predicted molar refractivity (Wildman–Crippen MR) is 88.2 cm³/mol. The van der Waals surface area contributed by atoms with Gasteiger partial charge in [0.15, 0.2) is 0 Å². The third-order valence-electron chi connectivity index (χ3n) is 3.07. The molecule has 1 aromatic rings. The van der Waals surface area contributed by atoms with Gasteiger partial charge in [0.25, 0.3) is 10.0 Å². The van der Waals surface area contributed by atoms with Crippen LogP contribution in [0.25, 0.3) is 0 Å². The van der Waals surface area contributed by atoms with Crippen LogP contribution in [0.4, 0.5) is 0 Å². The first-order valence-electron chi connectivity index (χ1n) is 6.34. The third kappa shape index (κ3) is 3.32. The summed E-state index contributed by atoms with van der Waals surface area (Å²) in [5.41, 5.74) is 2.21. The number of Topliss-reactive ketones (excluding diaryl/α,β-unsaturated/α-hetero) is 1. The number of nitrogens with zero attached hydrogens (tertiary/aromatic N) is 1. The van der Waals surface area contributed by atoms with Gasteiger partial charge >= 0.3 is 0 Å². The molecule has 0 saturated heterocycles. The zero-order valence-corrected chi connectivity index (χ0v) is 14.5. The van der Waals surface area contributed by atoms with Crippen molar-refractivity contribution in [1.82, 2.24) is 0 Å². The quantitative estimate of drug-likeness (QED) is 0.760. The Labute approximate surface area is 139 Å². The Morgan fingerprint density at radius 2 is 1.41 bits per heavy atom. The van der Waals surface area contributed by atoms with Crippen molar-refractivity contribution in [2.45, 2.75) is 25.7 Å². The minimum absolute atomic E-state index is 0.0222. The van der Waals surface area contributed by atoms with Gasteiger partial charge in [-0.15, -0.1) is 0 Å². The van der Waals surface area contributed by atoms with Gasteiger partial charge in [0.1, 0.15) is 0 Å². The molecule has 0 amide bonds. The molecule has 1 aliphatic carbocycles. The maximum absolute atomic E-state index is 12.5. The molecule has 7 heteroatoms. The Balaban J connectivity index is 2.59. The number of hydrogen-bond donors (Lipinski definition) is 0. The van der Waals surface area contributed by atoms with Crippen molar-refractivity contribution in [2.75, 3.05) is 0 Å². The van der Waals surface area contributed by atoms with Crippen LogP contribution in [0.2, 0.25) is 0 Å². The van der Waals surface area contributed by atoms with Gasteiger partial charge in [-0.2, -0.15) is 12.8 Å². The minimum atomic E-state index is -3.93. The molecule has 0 radical (unpaired) electrons. The van der Waals surface area contributed by atoms with E-state index in [-0.39, 0.29) is 20.7 Å². The summed E-state index contributed by atoms with van der Waals surface area (Å²) in [6, 6.07) is 3.55. The third-order valence-corrected chi connectivity index (χ3v) is 5.24. The Morgan fingerprint density at radius 1 is 0.955 bits per heavy atom. The normalized spacial score (nSPS) is 15.5. The number of carbonyl (C=O) groups is 1. The Bertz CT molecular complexity index is 818. The maximum Gasteiger partial charge on any atom is 0.283 e. The standard InChI is InChI=1S/C15H13Cl2NO3S/c1-8-4-9(2)15(10(3)5-8)22(20,21)18-11-6-12(16)14(19)13(17)7-11/h4-7H,1-3H3. The van der Waals surface area contributed by atoms with Crippen molar-refractivity contribution >= 4 is 44.7 Å². The Kier molecular flexibility index (Phi) is 4.61. The highest BCUT2D eigenvalue weighted by molar-refractivity contribution is 7.90. The summed E-state index contributed by atoms with van der Waals surface area (Å²) < 4.78 is 28.8. The molecule has 0 aliphatic heterocycles. The molecule has 0 bridgehead atoms. The molecule has 0 aromatic heterocycles. The van der Waals surface area contributed by atoms with Gasteiger partial charge in [0.05, 0.1) is 20.7 Å². The second-order valence-corrected chi connectivity index (χ2v) is 7.39. The van der Waals surface area contributed by atoms with Crippen LogP contribution >= 0.6 is 23.2 Å². The van der Waals surface area contributed by atoms with E-state index in [4.69, 9.17) is 23.2 Å². The number of sulfonamides is 1. The molecular formula is C15H13Cl2NO3S. The molecule has 0 fully saturated rings. The largest absolute Gasteiger partial charge is 0.287 e. The van der Waals surface area contributed by atoms with E-state index in [2.05, 4.69) is 4.40 Å². The van der Waals surface area contributed by atoms with Crippen LogP contribution < -0.4 is 0 Å². The Morgan fingerprint density at radius 3 is 1.86 bits per heavy atom. The molecule has 0 unspecified atom stereocenters. The van der Waals surface area contributed by atoms with E-state index in [0.29, 0.717) is 11.1 Å². The van der Waals surface area contributed by atoms with Crippen LogP contribution in [0.1, 0.15) is 16.7 Å². The summed E-state index contributed by atoms with van der Waals surface area (Å²) >= 11 is 11.5. The minimum Gasteiger partial charge on any atom is -0.287 e. The highest BCUT2D eigenvalue weighted by Crippen LogP contribution is 2.25. The maximum atomic E-state index is 12.5. The number of halogens is 2. The topological polar surface area (TPSA) is 63.6 Å². The van der Waals surface area contributed by atoms with E-state index in [9.17, 15) is 13.2 Å². The number of aryl methyl sites for hydroxylation is 3. The number of allylic oxidation sites excluding steroid dienone is 4. The molecule has 2 rings (SSSR count).